The molecule has 0 aromatic heterocycles. The van der Waals surface area contributed by atoms with E-state index in [1.165, 1.54) is 24.1 Å². The summed E-state index contributed by atoms with van der Waals surface area (Å²) in [6.45, 7) is 12.1. The Morgan fingerprint density at radius 3 is 2.48 bits per heavy atom. The van der Waals surface area contributed by atoms with E-state index < -0.39 is 0 Å². The van der Waals surface area contributed by atoms with E-state index in [1.807, 2.05) is 0 Å². The van der Waals surface area contributed by atoms with Crippen LogP contribution in [0.2, 0.25) is 0 Å². The molecule has 0 saturated heterocycles. The Morgan fingerprint density at radius 2 is 1.90 bits per heavy atom. The highest BCUT2D eigenvalue weighted by atomic mass is 15.1. The Morgan fingerprint density at radius 1 is 1.14 bits per heavy atom. The van der Waals surface area contributed by atoms with E-state index in [0.29, 0.717) is 6.04 Å². The van der Waals surface area contributed by atoms with Crippen molar-refractivity contribution >= 4 is 0 Å². The first-order chi connectivity index (χ1) is 10.1. The lowest BCUT2D eigenvalue weighted by atomic mass is 10.0. The van der Waals surface area contributed by atoms with Crippen LogP contribution in [-0.2, 0) is 0 Å². The molecule has 0 aliphatic heterocycles. The Labute approximate surface area is 131 Å². The largest absolute Gasteiger partial charge is 0.309 e. The van der Waals surface area contributed by atoms with Crippen LogP contribution in [0.1, 0.15) is 37.4 Å². The Hall–Kier alpha value is -0.900. The van der Waals surface area contributed by atoms with Gasteiger partial charge in [-0.15, -0.1) is 0 Å². The first-order valence-corrected chi connectivity index (χ1v) is 8.23. The van der Waals surface area contributed by atoms with E-state index in [1.54, 1.807) is 0 Å². The smallest absolute Gasteiger partial charge is 0.0449 e. The summed E-state index contributed by atoms with van der Waals surface area (Å²) < 4.78 is 0. The third-order valence-corrected chi connectivity index (χ3v) is 3.86. The molecule has 0 radical (unpaired) electrons. The molecule has 0 fully saturated rings. The number of nitrogens with zero attached hydrogens (tertiary/aromatic N) is 2. The molecule has 1 unspecified atom stereocenters. The molecule has 120 valence electrons. The topological polar surface area (TPSA) is 18.5 Å². The predicted octanol–water partition coefficient (Wildman–Crippen LogP) is 2.92. The number of benzene rings is 1. The summed E-state index contributed by atoms with van der Waals surface area (Å²) in [5.74, 6) is 0. The van der Waals surface area contributed by atoms with Crippen LogP contribution in [-0.4, -0.2) is 56.6 Å². The fourth-order valence-electron chi connectivity index (χ4n) is 2.67. The van der Waals surface area contributed by atoms with Crippen molar-refractivity contribution in [3.8, 4) is 0 Å². The zero-order valence-electron chi connectivity index (χ0n) is 14.5. The second-order valence-electron chi connectivity index (χ2n) is 6.07. The van der Waals surface area contributed by atoms with Gasteiger partial charge in [-0.1, -0.05) is 43.7 Å². The highest BCUT2D eigenvalue weighted by Gasteiger charge is 2.14. The maximum atomic E-state index is 3.64. The van der Waals surface area contributed by atoms with Gasteiger partial charge in [0.25, 0.3) is 0 Å². The zero-order valence-corrected chi connectivity index (χ0v) is 14.5. The number of likely N-dealkylation sites (N-methyl/N-ethyl adjacent to an activating group) is 2. The Kier molecular flexibility index (Phi) is 8.58. The summed E-state index contributed by atoms with van der Waals surface area (Å²) >= 11 is 0. The predicted molar refractivity (Wildman–Crippen MR) is 92.9 cm³/mol. The van der Waals surface area contributed by atoms with E-state index in [4.69, 9.17) is 0 Å². The molecule has 0 saturated carbocycles. The molecular weight excluding hydrogens is 258 g/mol. The fraction of sp³-hybridized carbons (Fsp3) is 0.667. The second-order valence-corrected chi connectivity index (χ2v) is 6.07. The summed E-state index contributed by atoms with van der Waals surface area (Å²) in [6.07, 6.45) is 1.23. The Balaban J connectivity index is 2.62. The van der Waals surface area contributed by atoms with Gasteiger partial charge in [-0.25, -0.2) is 0 Å². The van der Waals surface area contributed by atoms with Crippen LogP contribution >= 0.6 is 0 Å². The zero-order chi connectivity index (χ0) is 15.7. The van der Waals surface area contributed by atoms with E-state index in [0.717, 1.165) is 26.2 Å². The number of nitrogens with one attached hydrogen (secondary N) is 1. The van der Waals surface area contributed by atoms with Gasteiger partial charge in [0.05, 0.1) is 0 Å². The highest BCUT2D eigenvalue weighted by molar-refractivity contribution is 5.25. The van der Waals surface area contributed by atoms with Crippen LogP contribution in [0, 0.1) is 6.92 Å². The molecular formula is C18H33N3. The lowest BCUT2D eigenvalue weighted by Gasteiger charge is -2.28. The average Bonchev–Trinajstić information content (AvgIpc) is 2.45. The van der Waals surface area contributed by atoms with Crippen molar-refractivity contribution in [2.24, 2.45) is 0 Å². The molecule has 21 heavy (non-hydrogen) atoms. The molecule has 3 nitrogen and oxygen atoms in total. The van der Waals surface area contributed by atoms with Crippen molar-refractivity contribution in [1.29, 1.82) is 0 Å². The summed E-state index contributed by atoms with van der Waals surface area (Å²) in [5, 5.41) is 3.64. The van der Waals surface area contributed by atoms with E-state index in [2.05, 4.69) is 74.2 Å². The van der Waals surface area contributed by atoms with Gasteiger partial charge in [-0.2, -0.15) is 0 Å². The summed E-state index contributed by atoms with van der Waals surface area (Å²) in [6, 6.07) is 9.31. The van der Waals surface area contributed by atoms with Crippen LogP contribution in [0.4, 0.5) is 0 Å². The van der Waals surface area contributed by atoms with Crippen molar-refractivity contribution in [3.63, 3.8) is 0 Å². The molecule has 0 amide bonds. The molecule has 0 heterocycles. The van der Waals surface area contributed by atoms with Gasteiger partial charge >= 0.3 is 0 Å². The fourth-order valence-corrected chi connectivity index (χ4v) is 2.67. The maximum absolute atomic E-state index is 3.64. The number of hydrogen-bond donors (Lipinski definition) is 1. The first kappa shape index (κ1) is 18.1. The third-order valence-electron chi connectivity index (χ3n) is 3.86. The van der Waals surface area contributed by atoms with Gasteiger partial charge in [0, 0.05) is 12.6 Å². The van der Waals surface area contributed by atoms with Crippen molar-refractivity contribution in [2.45, 2.75) is 33.2 Å². The van der Waals surface area contributed by atoms with Crippen molar-refractivity contribution in [1.82, 2.24) is 15.1 Å². The quantitative estimate of drug-likeness (QED) is 0.715. The lowest BCUT2D eigenvalue weighted by molar-refractivity contribution is 0.240. The number of rotatable bonds is 10. The molecule has 0 spiro atoms. The molecule has 1 aromatic carbocycles. The normalized spacial score (nSPS) is 13.1. The highest BCUT2D eigenvalue weighted by Crippen LogP contribution is 2.16. The van der Waals surface area contributed by atoms with Crippen LogP contribution in [0.25, 0.3) is 0 Å². The van der Waals surface area contributed by atoms with E-state index in [-0.39, 0.29) is 0 Å². The molecule has 0 bridgehead atoms. The third kappa shape index (κ3) is 7.07. The summed E-state index contributed by atoms with van der Waals surface area (Å²) in [4.78, 5) is 4.81. The van der Waals surface area contributed by atoms with E-state index in [9.17, 15) is 0 Å². The molecule has 1 rings (SSSR count). The van der Waals surface area contributed by atoms with Gasteiger partial charge in [-0.05, 0) is 59.2 Å². The van der Waals surface area contributed by atoms with Gasteiger partial charge in [0.15, 0.2) is 0 Å². The minimum Gasteiger partial charge on any atom is -0.309 e. The second kappa shape index (κ2) is 9.93. The van der Waals surface area contributed by atoms with Crippen molar-refractivity contribution in [3.05, 3.63) is 35.4 Å². The van der Waals surface area contributed by atoms with Gasteiger partial charge < -0.3 is 15.1 Å². The van der Waals surface area contributed by atoms with E-state index >= 15 is 0 Å². The lowest BCUT2D eigenvalue weighted by Crippen LogP contribution is -2.36. The van der Waals surface area contributed by atoms with Crippen molar-refractivity contribution < 1.29 is 0 Å². The average molecular weight is 291 g/mol. The van der Waals surface area contributed by atoms with Crippen LogP contribution in [0.15, 0.2) is 24.3 Å². The maximum Gasteiger partial charge on any atom is 0.0449 e. The molecule has 0 aliphatic carbocycles. The van der Waals surface area contributed by atoms with Gasteiger partial charge in [0.1, 0.15) is 0 Å². The van der Waals surface area contributed by atoms with Crippen LogP contribution < -0.4 is 5.32 Å². The number of aryl methyl sites for hydroxylation is 1. The van der Waals surface area contributed by atoms with Crippen LogP contribution in [0.5, 0.6) is 0 Å². The van der Waals surface area contributed by atoms with Gasteiger partial charge in [0.2, 0.25) is 0 Å². The van der Waals surface area contributed by atoms with Crippen LogP contribution in [0.3, 0.4) is 0 Å². The van der Waals surface area contributed by atoms with Gasteiger partial charge in [-0.3, -0.25) is 0 Å². The summed E-state index contributed by atoms with van der Waals surface area (Å²) in [5.41, 5.74) is 2.74. The molecule has 3 heteroatoms. The Bertz CT molecular complexity index is 390. The minimum atomic E-state index is 0.425. The minimum absolute atomic E-state index is 0.425. The van der Waals surface area contributed by atoms with Crippen molar-refractivity contribution in [2.75, 3.05) is 46.8 Å². The molecule has 0 aliphatic rings. The first-order valence-electron chi connectivity index (χ1n) is 8.23. The summed E-state index contributed by atoms with van der Waals surface area (Å²) in [7, 11) is 4.29. The SMILES string of the molecule is CCNC(CN(CC)CCCN(C)C)c1cccc(C)c1. The molecule has 1 aromatic rings. The number of hydrogen-bond acceptors (Lipinski definition) is 3. The molecule has 1 N–H and O–H groups in total. The molecule has 1 atom stereocenters. The monoisotopic (exact) mass is 291 g/mol. The standard InChI is InChI=1S/C18H33N3/c1-6-19-18(17-11-8-10-16(3)14-17)15-21(7-2)13-9-12-20(4)5/h8,10-11,14,18-19H,6-7,9,12-13,15H2,1-5H3.